The van der Waals surface area contributed by atoms with E-state index in [0.717, 1.165) is 5.39 Å². The van der Waals surface area contributed by atoms with Gasteiger partial charge in [-0.05, 0) is 25.0 Å². The van der Waals surface area contributed by atoms with Crippen LogP contribution in [0.5, 0.6) is 0 Å². The number of likely N-dealkylation sites (tertiary alicyclic amines) is 1. The lowest BCUT2D eigenvalue weighted by molar-refractivity contribution is -0.141. The number of hydrogen-bond acceptors (Lipinski definition) is 3. The van der Waals surface area contributed by atoms with Gasteiger partial charge in [-0.25, -0.2) is 9.78 Å². The Morgan fingerprint density at radius 3 is 2.86 bits per heavy atom. The van der Waals surface area contributed by atoms with Crippen molar-refractivity contribution in [3.05, 3.63) is 41.0 Å². The molecule has 2 aromatic rings. The van der Waals surface area contributed by atoms with E-state index < -0.39 is 12.0 Å². The largest absolute Gasteiger partial charge is 0.480 e. The van der Waals surface area contributed by atoms with E-state index in [1.165, 1.54) is 11.0 Å². The number of fused-ring (bicyclic) bond motifs is 1. The number of aliphatic carboxylic acids is 1. The van der Waals surface area contributed by atoms with Crippen molar-refractivity contribution < 1.29 is 14.7 Å². The summed E-state index contributed by atoms with van der Waals surface area (Å²) in [4.78, 5) is 29.3. The molecular weight excluding hydrogens is 292 g/mol. The number of benzene rings is 1. The summed E-state index contributed by atoms with van der Waals surface area (Å²) in [7, 11) is 0. The van der Waals surface area contributed by atoms with Gasteiger partial charge in [-0.2, -0.15) is 0 Å². The number of halogens is 1. The van der Waals surface area contributed by atoms with Crippen LogP contribution in [0, 0.1) is 0 Å². The van der Waals surface area contributed by atoms with Crippen molar-refractivity contribution in [2.24, 2.45) is 0 Å². The molecule has 0 bridgehead atoms. The van der Waals surface area contributed by atoms with Gasteiger partial charge in [0, 0.05) is 11.9 Å². The molecule has 0 radical (unpaired) electrons. The van der Waals surface area contributed by atoms with Crippen LogP contribution in [-0.4, -0.2) is 39.5 Å². The predicted octanol–water partition coefficient (Wildman–Crippen LogP) is 2.58. The number of carboxylic acids is 1. The fourth-order valence-electron chi connectivity index (χ4n) is 2.66. The normalized spacial score (nSPS) is 18.1. The molecule has 1 amide bonds. The van der Waals surface area contributed by atoms with Crippen molar-refractivity contribution in [1.82, 2.24) is 9.88 Å². The minimum atomic E-state index is -0.979. The molecule has 0 spiro atoms. The van der Waals surface area contributed by atoms with Gasteiger partial charge in [0.1, 0.15) is 11.7 Å². The summed E-state index contributed by atoms with van der Waals surface area (Å²) < 4.78 is 0. The first kappa shape index (κ1) is 13.8. The molecule has 1 N–H and O–H groups in total. The average molecular weight is 305 g/mol. The number of nitrogens with zero attached hydrogens (tertiary/aromatic N) is 2. The molecule has 1 aliphatic rings. The zero-order chi connectivity index (χ0) is 15.0. The zero-order valence-corrected chi connectivity index (χ0v) is 11.9. The molecule has 1 aliphatic heterocycles. The first-order valence-electron chi connectivity index (χ1n) is 6.67. The molecule has 1 atom stereocenters. The minimum absolute atomic E-state index is 0.187. The lowest BCUT2D eigenvalue weighted by Crippen LogP contribution is -2.40. The monoisotopic (exact) mass is 304 g/mol. The van der Waals surface area contributed by atoms with Crippen LogP contribution in [0.2, 0.25) is 5.02 Å². The number of carbonyl (C=O) groups excluding carboxylic acids is 1. The Hall–Kier alpha value is -2.14. The number of amides is 1. The second kappa shape index (κ2) is 5.33. The number of pyridine rings is 1. The number of carboxylic acid groups (broad SMARTS) is 1. The molecule has 6 heteroatoms. The highest BCUT2D eigenvalue weighted by molar-refractivity contribution is 6.35. The number of carbonyl (C=O) groups is 2. The summed E-state index contributed by atoms with van der Waals surface area (Å²) in [6.07, 6.45) is 1.16. The van der Waals surface area contributed by atoms with Crippen molar-refractivity contribution >= 4 is 34.4 Å². The number of aromatic nitrogens is 1. The summed E-state index contributed by atoms with van der Waals surface area (Å²) in [5, 5.41) is 10.4. The summed E-state index contributed by atoms with van der Waals surface area (Å²) in [6, 6.07) is 7.99. The maximum Gasteiger partial charge on any atom is 0.326 e. The van der Waals surface area contributed by atoms with E-state index in [1.54, 1.807) is 6.07 Å². The molecule has 108 valence electrons. The van der Waals surface area contributed by atoms with Gasteiger partial charge in [0.05, 0.1) is 10.5 Å². The Bertz CT molecular complexity index is 732. The molecule has 21 heavy (non-hydrogen) atoms. The van der Waals surface area contributed by atoms with Crippen LogP contribution in [0.25, 0.3) is 10.9 Å². The van der Waals surface area contributed by atoms with E-state index in [2.05, 4.69) is 4.98 Å². The van der Waals surface area contributed by atoms with E-state index in [4.69, 9.17) is 16.7 Å². The van der Waals surface area contributed by atoms with Crippen LogP contribution in [-0.2, 0) is 4.79 Å². The topological polar surface area (TPSA) is 70.5 Å². The Balaban J connectivity index is 2.00. The van der Waals surface area contributed by atoms with E-state index >= 15 is 0 Å². The second-order valence-corrected chi connectivity index (χ2v) is 5.41. The molecule has 0 saturated carbocycles. The fraction of sp³-hybridized carbons (Fsp3) is 0.267. The molecule has 5 nitrogen and oxygen atoms in total. The van der Waals surface area contributed by atoms with Gasteiger partial charge < -0.3 is 10.0 Å². The summed E-state index contributed by atoms with van der Waals surface area (Å²) >= 11 is 6.18. The lowest BCUT2D eigenvalue weighted by atomic mass is 10.2. The molecular formula is C15H13ClN2O3. The van der Waals surface area contributed by atoms with Gasteiger partial charge in [-0.15, -0.1) is 0 Å². The van der Waals surface area contributed by atoms with Crippen molar-refractivity contribution in [2.45, 2.75) is 18.9 Å². The third-order valence-electron chi connectivity index (χ3n) is 3.68. The van der Waals surface area contributed by atoms with E-state index in [1.807, 2.05) is 18.2 Å². The molecule has 0 aliphatic carbocycles. The molecule has 2 heterocycles. The molecule has 1 aromatic carbocycles. The lowest BCUT2D eigenvalue weighted by Gasteiger charge is -2.21. The third kappa shape index (κ3) is 2.45. The highest BCUT2D eigenvalue weighted by atomic mass is 35.5. The fourth-order valence-corrected chi connectivity index (χ4v) is 2.92. The molecule has 3 rings (SSSR count). The third-order valence-corrected chi connectivity index (χ3v) is 4.00. The van der Waals surface area contributed by atoms with Crippen molar-refractivity contribution in [3.63, 3.8) is 0 Å². The van der Waals surface area contributed by atoms with Crippen LogP contribution >= 0.6 is 11.6 Å². The second-order valence-electron chi connectivity index (χ2n) is 5.00. The summed E-state index contributed by atoms with van der Waals surface area (Å²) in [6.45, 7) is 0.432. The number of para-hydroxylation sites is 1. The van der Waals surface area contributed by atoms with Gasteiger partial charge in [-0.1, -0.05) is 29.8 Å². The van der Waals surface area contributed by atoms with Crippen molar-refractivity contribution in [2.75, 3.05) is 6.54 Å². The highest BCUT2D eigenvalue weighted by Gasteiger charge is 2.35. The Morgan fingerprint density at radius 2 is 2.10 bits per heavy atom. The minimum Gasteiger partial charge on any atom is -0.480 e. The maximum atomic E-state index is 12.5. The van der Waals surface area contributed by atoms with Gasteiger partial charge >= 0.3 is 5.97 Å². The quantitative estimate of drug-likeness (QED) is 0.925. The van der Waals surface area contributed by atoms with Crippen LogP contribution in [0.15, 0.2) is 30.3 Å². The molecule has 1 fully saturated rings. The van der Waals surface area contributed by atoms with Crippen LogP contribution < -0.4 is 0 Å². The first-order valence-corrected chi connectivity index (χ1v) is 7.05. The van der Waals surface area contributed by atoms with E-state index in [9.17, 15) is 9.59 Å². The Morgan fingerprint density at radius 1 is 1.33 bits per heavy atom. The van der Waals surface area contributed by atoms with Gasteiger partial charge in [0.2, 0.25) is 0 Å². The average Bonchev–Trinajstić information content (AvgIpc) is 2.96. The van der Waals surface area contributed by atoms with E-state index in [0.29, 0.717) is 29.9 Å². The zero-order valence-electron chi connectivity index (χ0n) is 11.1. The molecule has 1 aromatic heterocycles. The maximum absolute atomic E-state index is 12.5. The number of hydrogen-bond donors (Lipinski definition) is 1. The van der Waals surface area contributed by atoms with Gasteiger partial charge in [0.15, 0.2) is 0 Å². The summed E-state index contributed by atoms with van der Waals surface area (Å²) in [5.74, 6) is -1.36. The van der Waals surface area contributed by atoms with Gasteiger partial charge in [-0.3, -0.25) is 4.79 Å². The standard InChI is InChI=1S/C15H13ClN2O3/c16-10-8-12(17-11-5-2-1-4-9(10)11)14(19)18-7-3-6-13(18)15(20)21/h1-2,4-5,8,13H,3,6-7H2,(H,20,21). The smallest absolute Gasteiger partial charge is 0.326 e. The van der Waals surface area contributed by atoms with E-state index in [-0.39, 0.29) is 11.6 Å². The number of rotatable bonds is 2. The Labute approximate surface area is 126 Å². The van der Waals surface area contributed by atoms with Crippen LogP contribution in [0.3, 0.4) is 0 Å². The van der Waals surface area contributed by atoms with Crippen molar-refractivity contribution in [3.8, 4) is 0 Å². The van der Waals surface area contributed by atoms with Crippen LogP contribution in [0.4, 0.5) is 0 Å². The highest BCUT2D eigenvalue weighted by Crippen LogP contribution is 2.25. The summed E-state index contributed by atoms with van der Waals surface area (Å²) in [5.41, 5.74) is 0.811. The predicted molar refractivity (Wildman–Crippen MR) is 78.4 cm³/mol. The van der Waals surface area contributed by atoms with Gasteiger partial charge in [0.25, 0.3) is 5.91 Å². The Kier molecular flexibility index (Phi) is 3.51. The SMILES string of the molecule is O=C(O)C1CCCN1C(=O)c1cc(Cl)c2ccccc2n1. The first-order chi connectivity index (χ1) is 10.1. The van der Waals surface area contributed by atoms with Crippen LogP contribution in [0.1, 0.15) is 23.3 Å². The molecule has 1 saturated heterocycles. The van der Waals surface area contributed by atoms with Crippen molar-refractivity contribution in [1.29, 1.82) is 0 Å². The molecule has 1 unspecified atom stereocenters.